The molecule has 110 valence electrons. The minimum atomic E-state index is 0.537. The Bertz CT molecular complexity index is 451. The maximum Gasteiger partial charge on any atom is 0.133 e. The van der Waals surface area contributed by atoms with Gasteiger partial charge >= 0.3 is 0 Å². The number of aryl methyl sites for hydroxylation is 1. The fraction of sp³-hybridized carbons (Fsp3) is 0.588. The Kier molecular flexibility index (Phi) is 7.54. The Labute approximate surface area is 127 Å². The van der Waals surface area contributed by atoms with Crippen LogP contribution < -0.4 is 4.74 Å². The zero-order chi connectivity index (χ0) is 15.0. The average Bonchev–Trinajstić information content (AvgIpc) is 2.42. The van der Waals surface area contributed by atoms with E-state index in [9.17, 15) is 0 Å². The third-order valence-electron chi connectivity index (χ3n) is 3.39. The maximum atomic E-state index is 8.61. The number of rotatable bonds is 8. The molecule has 1 atom stereocenters. The summed E-state index contributed by atoms with van der Waals surface area (Å²) >= 11 is 1.35. The van der Waals surface area contributed by atoms with Crippen molar-refractivity contribution in [2.45, 2.75) is 46.5 Å². The van der Waals surface area contributed by atoms with E-state index in [1.54, 1.807) is 0 Å². The fourth-order valence-corrected chi connectivity index (χ4v) is 2.78. The molecule has 1 aromatic carbocycles. The number of thiocyanates is 1. The van der Waals surface area contributed by atoms with Gasteiger partial charge in [-0.3, -0.25) is 0 Å². The van der Waals surface area contributed by atoms with Crippen molar-refractivity contribution >= 4 is 11.8 Å². The van der Waals surface area contributed by atoms with Crippen molar-refractivity contribution in [1.29, 1.82) is 5.26 Å². The Hall–Kier alpha value is -1.14. The average molecular weight is 291 g/mol. The molecular weight excluding hydrogens is 266 g/mol. The van der Waals surface area contributed by atoms with Gasteiger partial charge < -0.3 is 4.74 Å². The molecule has 3 heteroatoms. The summed E-state index contributed by atoms with van der Waals surface area (Å²) in [5.74, 6) is 2.94. The lowest BCUT2D eigenvalue weighted by molar-refractivity contribution is 0.271. The van der Waals surface area contributed by atoms with Crippen molar-refractivity contribution in [2.75, 3.05) is 12.4 Å². The van der Waals surface area contributed by atoms with Crippen molar-refractivity contribution in [3.63, 3.8) is 0 Å². The third-order valence-corrected chi connectivity index (χ3v) is 3.96. The molecule has 0 bridgehead atoms. The van der Waals surface area contributed by atoms with Gasteiger partial charge in [-0.25, -0.2) is 0 Å². The number of hydrogen-bond acceptors (Lipinski definition) is 3. The van der Waals surface area contributed by atoms with Crippen LogP contribution in [0, 0.1) is 23.5 Å². The van der Waals surface area contributed by atoms with Crippen LogP contribution in [0.3, 0.4) is 0 Å². The number of nitriles is 1. The number of nitrogens with zero attached hydrogens (tertiary/aromatic N) is 1. The third kappa shape index (κ3) is 5.46. The minimum absolute atomic E-state index is 0.537. The number of hydrogen-bond donors (Lipinski definition) is 0. The highest BCUT2D eigenvalue weighted by Crippen LogP contribution is 2.30. The van der Waals surface area contributed by atoms with Crippen molar-refractivity contribution < 1.29 is 4.74 Å². The molecule has 0 radical (unpaired) electrons. The van der Waals surface area contributed by atoms with Gasteiger partial charge in [0.25, 0.3) is 0 Å². The van der Waals surface area contributed by atoms with E-state index in [-0.39, 0.29) is 0 Å². The summed E-state index contributed by atoms with van der Waals surface area (Å²) < 4.78 is 5.77. The number of ether oxygens (including phenoxy) is 1. The smallest absolute Gasteiger partial charge is 0.133 e. The second-order valence-corrected chi connectivity index (χ2v) is 6.44. The molecule has 1 unspecified atom stereocenters. The van der Waals surface area contributed by atoms with E-state index in [2.05, 4.69) is 51.3 Å². The lowest BCUT2D eigenvalue weighted by Gasteiger charge is -2.18. The normalized spacial score (nSPS) is 12.2. The van der Waals surface area contributed by atoms with Gasteiger partial charge in [0, 0.05) is 5.75 Å². The molecule has 0 aromatic heterocycles. The SMILES string of the molecule is CCC(CCSC#N)c1ccc(OCC(C)C)cc1C. The standard InChI is InChI=1S/C17H25NOS/c1-5-15(8-9-20-12-18)17-7-6-16(10-14(17)4)19-11-13(2)3/h6-7,10,13,15H,5,8-9,11H2,1-4H3. The number of benzene rings is 1. The Balaban J connectivity index is 2.72. The van der Waals surface area contributed by atoms with Crippen LogP contribution in [0.5, 0.6) is 5.75 Å². The molecule has 20 heavy (non-hydrogen) atoms. The summed E-state index contributed by atoms with van der Waals surface area (Å²) in [4.78, 5) is 0. The van der Waals surface area contributed by atoms with Gasteiger partial charge in [-0.1, -0.05) is 26.8 Å². The lowest BCUT2D eigenvalue weighted by atomic mass is 9.90. The Morgan fingerprint density at radius 1 is 1.35 bits per heavy atom. The second kappa shape index (κ2) is 8.92. The van der Waals surface area contributed by atoms with E-state index in [0.29, 0.717) is 11.8 Å². The molecule has 1 rings (SSSR count). The molecule has 0 aliphatic carbocycles. The monoisotopic (exact) mass is 291 g/mol. The molecule has 0 spiro atoms. The highest BCUT2D eigenvalue weighted by molar-refractivity contribution is 8.03. The van der Waals surface area contributed by atoms with Gasteiger partial charge in [0.15, 0.2) is 0 Å². The van der Waals surface area contributed by atoms with Gasteiger partial charge in [0.2, 0.25) is 0 Å². The number of thioether (sulfide) groups is 1. The van der Waals surface area contributed by atoms with Crippen molar-refractivity contribution in [1.82, 2.24) is 0 Å². The van der Waals surface area contributed by atoms with E-state index < -0.39 is 0 Å². The predicted octanol–water partition coefficient (Wildman–Crippen LogP) is 5.13. The molecule has 1 aromatic rings. The minimum Gasteiger partial charge on any atom is -0.493 e. The summed E-state index contributed by atoms with van der Waals surface area (Å²) in [6.45, 7) is 9.43. The van der Waals surface area contributed by atoms with Gasteiger partial charge in [0.05, 0.1) is 6.61 Å². The first kappa shape index (κ1) is 16.9. The second-order valence-electron chi connectivity index (χ2n) is 5.56. The first-order chi connectivity index (χ1) is 9.58. The molecule has 0 aliphatic rings. The molecular formula is C17H25NOS. The van der Waals surface area contributed by atoms with Gasteiger partial charge in [-0.05, 0) is 66.6 Å². The Morgan fingerprint density at radius 2 is 2.10 bits per heavy atom. The molecule has 0 fully saturated rings. The van der Waals surface area contributed by atoms with Crippen molar-refractivity contribution in [3.05, 3.63) is 29.3 Å². The van der Waals surface area contributed by atoms with Crippen molar-refractivity contribution in [2.24, 2.45) is 5.92 Å². The summed E-state index contributed by atoms with van der Waals surface area (Å²) in [7, 11) is 0. The molecule has 0 N–H and O–H groups in total. The van der Waals surface area contributed by atoms with Crippen LogP contribution in [0.2, 0.25) is 0 Å². The summed E-state index contributed by atoms with van der Waals surface area (Å²) in [5.41, 5.74) is 2.68. The van der Waals surface area contributed by atoms with E-state index >= 15 is 0 Å². The predicted molar refractivity (Wildman–Crippen MR) is 87.2 cm³/mol. The molecule has 0 heterocycles. The van der Waals surface area contributed by atoms with E-state index in [0.717, 1.165) is 31.0 Å². The van der Waals surface area contributed by atoms with E-state index in [4.69, 9.17) is 10.00 Å². The highest BCUT2D eigenvalue weighted by Gasteiger charge is 2.12. The summed E-state index contributed by atoms with van der Waals surface area (Å²) in [5, 5.41) is 10.8. The zero-order valence-corrected chi connectivity index (χ0v) is 13.8. The zero-order valence-electron chi connectivity index (χ0n) is 13.0. The molecule has 2 nitrogen and oxygen atoms in total. The summed E-state index contributed by atoms with van der Waals surface area (Å²) in [6.07, 6.45) is 2.17. The van der Waals surface area contributed by atoms with Gasteiger partial charge in [0.1, 0.15) is 11.2 Å². The topological polar surface area (TPSA) is 33.0 Å². The van der Waals surface area contributed by atoms with Crippen LogP contribution in [-0.4, -0.2) is 12.4 Å². The largest absolute Gasteiger partial charge is 0.493 e. The fourth-order valence-electron chi connectivity index (χ4n) is 2.29. The van der Waals surface area contributed by atoms with Crippen molar-refractivity contribution in [3.8, 4) is 11.2 Å². The quantitative estimate of drug-likeness (QED) is 0.492. The molecule has 0 saturated carbocycles. The van der Waals surface area contributed by atoms with Crippen LogP contribution in [0.4, 0.5) is 0 Å². The van der Waals surface area contributed by atoms with E-state index in [1.165, 1.54) is 22.9 Å². The summed E-state index contributed by atoms with van der Waals surface area (Å²) in [6, 6.07) is 6.40. The maximum absolute atomic E-state index is 8.61. The first-order valence-corrected chi connectivity index (χ1v) is 8.31. The van der Waals surface area contributed by atoms with Crippen LogP contribution in [0.25, 0.3) is 0 Å². The highest BCUT2D eigenvalue weighted by atomic mass is 32.2. The molecule has 0 saturated heterocycles. The van der Waals surface area contributed by atoms with Crippen LogP contribution in [0.15, 0.2) is 18.2 Å². The van der Waals surface area contributed by atoms with Crippen LogP contribution >= 0.6 is 11.8 Å². The Morgan fingerprint density at radius 3 is 2.65 bits per heavy atom. The van der Waals surface area contributed by atoms with Crippen LogP contribution in [0.1, 0.15) is 50.7 Å². The first-order valence-electron chi connectivity index (χ1n) is 7.32. The molecule has 0 amide bonds. The van der Waals surface area contributed by atoms with Gasteiger partial charge in [-0.2, -0.15) is 5.26 Å². The lowest BCUT2D eigenvalue weighted by Crippen LogP contribution is -2.06. The van der Waals surface area contributed by atoms with Gasteiger partial charge in [-0.15, -0.1) is 0 Å². The molecule has 0 aliphatic heterocycles. The van der Waals surface area contributed by atoms with Crippen LogP contribution in [-0.2, 0) is 0 Å². The van der Waals surface area contributed by atoms with E-state index in [1.807, 2.05) is 0 Å².